The molecular weight excluding hydrogens is 531 g/mol. The number of carbonyl (C=O) groups is 1. The molecule has 10 heteroatoms. The summed E-state index contributed by atoms with van der Waals surface area (Å²) in [5, 5.41) is 27.0. The molecule has 0 spiro atoms. The van der Waals surface area contributed by atoms with E-state index in [0.717, 1.165) is 43.7 Å². The van der Waals surface area contributed by atoms with Crippen molar-refractivity contribution in [3.05, 3.63) is 114 Å². The number of rotatable bonds is 5. The molecule has 0 saturated carbocycles. The number of nitrogens with one attached hydrogen (secondary N) is 5. The largest absolute Gasteiger partial charge is 0.338 e. The van der Waals surface area contributed by atoms with Gasteiger partial charge in [-0.05, 0) is 60.9 Å². The van der Waals surface area contributed by atoms with Gasteiger partial charge in [-0.1, -0.05) is 42.5 Å². The Morgan fingerprint density at radius 1 is 1.00 bits per heavy atom. The van der Waals surface area contributed by atoms with E-state index in [1.807, 2.05) is 60.7 Å². The standard InChI is InChI=1S/C32H31FN8O/c33-23-5-3-6-25(19-23)38-32(42)37-24-14-17-40(18-15-24)20-21-10-12-22(13-11-21)29(34)41-28-9-4-16-36-31(28)39-27-8-2-1-7-26(27)30(41)35/h1-13,16,19,24,34-35H,14-15,17-18,20H2,(H,36,39)(H2,37,38,42). The van der Waals surface area contributed by atoms with Gasteiger partial charge in [0.15, 0.2) is 5.82 Å². The van der Waals surface area contributed by atoms with Gasteiger partial charge in [0.05, 0.1) is 11.4 Å². The van der Waals surface area contributed by atoms with Gasteiger partial charge in [0, 0.05) is 48.7 Å². The third kappa shape index (κ3) is 5.84. The van der Waals surface area contributed by atoms with Crippen molar-refractivity contribution in [2.24, 2.45) is 0 Å². The molecule has 0 unspecified atom stereocenters. The van der Waals surface area contributed by atoms with E-state index in [-0.39, 0.29) is 23.7 Å². The molecule has 2 aliphatic rings. The number of nitrogens with zero attached hydrogens (tertiary/aromatic N) is 3. The summed E-state index contributed by atoms with van der Waals surface area (Å²) in [5.41, 5.74) is 4.37. The molecule has 212 valence electrons. The van der Waals surface area contributed by atoms with Crippen LogP contribution < -0.4 is 20.9 Å². The molecule has 0 bridgehead atoms. The van der Waals surface area contributed by atoms with E-state index in [0.29, 0.717) is 28.3 Å². The SMILES string of the molecule is N=C(c1ccc(CN2CCC(NC(=O)Nc3cccc(F)c3)CC2)cc1)N1C(=N)c2ccccc2Nc2ncccc21. The molecule has 9 nitrogen and oxygen atoms in total. The van der Waals surface area contributed by atoms with E-state index < -0.39 is 5.82 Å². The molecule has 1 saturated heterocycles. The van der Waals surface area contributed by atoms with Crippen molar-refractivity contribution in [2.75, 3.05) is 28.6 Å². The molecule has 1 aromatic heterocycles. The van der Waals surface area contributed by atoms with E-state index in [9.17, 15) is 9.18 Å². The number of urea groups is 1. The highest BCUT2D eigenvalue weighted by molar-refractivity contribution is 6.30. The average molecular weight is 563 g/mol. The number of amides is 2. The molecule has 2 aliphatic heterocycles. The summed E-state index contributed by atoms with van der Waals surface area (Å²) in [6, 6.07) is 24.7. The molecular formula is C32H31FN8O. The number of amidine groups is 2. The maximum atomic E-state index is 13.4. The maximum absolute atomic E-state index is 13.4. The van der Waals surface area contributed by atoms with E-state index >= 15 is 0 Å². The third-order valence-corrected chi connectivity index (χ3v) is 7.55. The second-order valence-corrected chi connectivity index (χ2v) is 10.4. The molecule has 1 fully saturated rings. The fourth-order valence-electron chi connectivity index (χ4n) is 5.38. The minimum Gasteiger partial charge on any atom is -0.338 e. The number of pyridine rings is 1. The first kappa shape index (κ1) is 27.1. The lowest BCUT2D eigenvalue weighted by atomic mass is 10.0. The van der Waals surface area contributed by atoms with Crippen molar-refractivity contribution < 1.29 is 9.18 Å². The van der Waals surface area contributed by atoms with Gasteiger partial charge in [-0.25, -0.2) is 14.2 Å². The van der Waals surface area contributed by atoms with Gasteiger partial charge in [-0.2, -0.15) is 0 Å². The van der Waals surface area contributed by atoms with Crippen LogP contribution in [0.2, 0.25) is 0 Å². The van der Waals surface area contributed by atoms with Crippen LogP contribution in [-0.4, -0.2) is 46.7 Å². The number of fused-ring (bicyclic) bond motifs is 2. The monoisotopic (exact) mass is 562 g/mol. The van der Waals surface area contributed by atoms with Crippen molar-refractivity contribution in [3.8, 4) is 0 Å². The van der Waals surface area contributed by atoms with Crippen molar-refractivity contribution >= 4 is 40.6 Å². The van der Waals surface area contributed by atoms with Gasteiger partial charge in [-0.3, -0.25) is 20.6 Å². The van der Waals surface area contributed by atoms with Gasteiger partial charge in [0.25, 0.3) is 0 Å². The van der Waals surface area contributed by atoms with Crippen LogP contribution in [0.3, 0.4) is 0 Å². The number of para-hydroxylation sites is 1. The summed E-state index contributed by atoms with van der Waals surface area (Å²) in [7, 11) is 0. The smallest absolute Gasteiger partial charge is 0.319 e. The van der Waals surface area contributed by atoms with Crippen molar-refractivity contribution in [3.63, 3.8) is 0 Å². The number of benzene rings is 3. The summed E-state index contributed by atoms with van der Waals surface area (Å²) in [5.74, 6) is 0.610. The van der Waals surface area contributed by atoms with Gasteiger partial charge in [-0.15, -0.1) is 0 Å². The first-order valence-electron chi connectivity index (χ1n) is 13.9. The van der Waals surface area contributed by atoms with Crippen LogP contribution in [0.5, 0.6) is 0 Å². The lowest BCUT2D eigenvalue weighted by molar-refractivity contribution is 0.190. The molecule has 42 heavy (non-hydrogen) atoms. The fourth-order valence-corrected chi connectivity index (χ4v) is 5.38. The third-order valence-electron chi connectivity index (χ3n) is 7.55. The molecule has 0 radical (unpaired) electrons. The Bertz CT molecular complexity index is 1630. The fraction of sp³-hybridized carbons (Fsp3) is 0.188. The van der Waals surface area contributed by atoms with E-state index in [4.69, 9.17) is 10.8 Å². The van der Waals surface area contributed by atoms with Gasteiger partial charge in [0.2, 0.25) is 0 Å². The second-order valence-electron chi connectivity index (χ2n) is 10.4. The van der Waals surface area contributed by atoms with Gasteiger partial charge in [0.1, 0.15) is 17.5 Å². The Kier molecular flexibility index (Phi) is 7.61. The molecule has 3 aromatic carbocycles. The predicted molar refractivity (Wildman–Crippen MR) is 163 cm³/mol. The Morgan fingerprint density at radius 3 is 2.57 bits per heavy atom. The molecule has 0 aliphatic carbocycles. The van der Waals surface area contributed by atoms with Crippen molar-refractivity contribution in [1.82, 2.24) is 15.2 Å². The van der Waals surface area contributed by atoms with E-state index in [1.54, 1.807) is 23.2 Å². The molecule has 4 aromatic rings. The highest BCUT2D eigenvalue weighted by Crippen LogP contribution is 2.34. The van der Waals surface area contributed by atoms with Crippen LogP contribution in [-0.2, 0) is 6.54 Å². The average Bonchev–Trinajstić information content (AvgIpc) is 3.12. The number of hydrogen-bond donors (Lipinski definition) is 5. The Balaban J connectivity index is 1.07. The minimum atomic E-state index is -0.391. The Hall–Kier alpha value is -5.09. The van der Waals surface area contributed by atoms with Crippen LogP contribution in [0.4, 0.5) is 32.1 Å². The molecule has 2 amide bonds. The highest BCUT2D eigenvalue weighted by Gasteiger charge is 2.28. The molecule has 5 N–H and O–H groups in total. The minimum absolute atomic E-state index is 0.0542. The number of likely N-dealkylation sites (tertiary alicyclic amines) is 1. The summed E-state index contributed by atoms with van der Waals surface area (Å²) in [6.45, 7) is 2.44. The molecule has 3 heterocycles. The van der Waals surface area contributed by atoms with E-state index in [2.05, 4.69) is 25.8 Å². The van der Waals surface area contributed by atoms with E-state index in [1.165, 1.54) is 12.1 Å². The first-order valence-corrected chi connectivity index (χ1v) is 13.9. The summed E-state index contributed by atoms with van der Waals surface area (Å²) in [4.78, 5) is 20.8. The zero-order valence-electron chi connectivity index (χ0n) is 22.9. The number of anilines is 4. The molecule has 0 atom stereocenters. The van der Waals surface area contributed by atoms with Crippen LogP contribution >= 0.6 is 0 Å². The summed E-state index contributed by atoms with van der Waals surface area (Å²) >= 11 is 0. The Labute approximate surface area is 243 Å². The van der Waals surface area contributed by atoms with Crippen LogP contribution in [0.1, 0.15) is 29.5 Å². The number of halogens is 1. The number of piperidine rings is 1. The predicted octanol–water partition coefficient (Wildman–Crippen LogP) is 5.92. The Morgan fingerprint density at radius 2 is 1.79 bits per heavy atom. The second kappa shape index (κ2) is 11.8. The highest BCUT2D eigenvalue weighted by atomic mass is 19.1. The quantitative estimate of drug-likeness (QED) is 0.153. The lowest BCUT2D eigenvalue weighted by Crippen LogP contribution is -2.45. The number of hydrogen-bond acceptors (Lipinski definition) is 6. The van der Waals surface area contributed by atoms with Crippen molar-refractivity contribution in [2.45, 2.75) is 25.4 Å². The van der Waals surface area contributed by atoms with Crippen molar-refractivity contribution in [1.29, 1.82) is 10.8 Å². The maximum Gasteiger partial charge on any atom is 0.319 e. The first-order chi connectivity index (χ1) is 20.4. The van der Waals surface area contributed by atoms with Crippen LogP contribution in [0, 0.1) is 16.6 Å². The van der Waals surface area contributed by atoms with Gasteiger partial charge < -0.3 is 16.0 Å². The van der Waals surface area contributed by atoms with Crippen LogP contribution in [0.25, 0.3) is 0 Å². The topological polar surface area (TPSA) is 120 Å². The lowest BCUT2D eigenvalue weighted by Gasteiger charge is -2.32. The number of carbonyl (C=O) groups excluding carboxylic acids is 1. The molecule has 6 rings (SSSR count). The zero-order valence-corrected chi connectivity index (χ0v) is 22.9. The zero-order chi connectivity index (χ0) is 29.1. The summed E-state index contributed by atoms with van der Waals surface area (Å²) < 4.78 is 13.4. The summed E-state index contributed by atoms with van der Waals surface area (Å²) in [6.07, 6.45) is 3.33. The van der Waals surface area contributed by atoms with Crippen LogP contribution in [0.15, 0.2) is 91.1 Å². The number of aromatic nitrogens is 1. The normalized spacial score (nSPS) is 15.2. The van der Waals surface area contributed by atoms with Gasteiger partial charge >= 0.3 is 6.03 Å².